The van der Waals surface area contributed by atoms with Gasteiger partial charge in [-0.2, -0.15) is 0 Å². The summed E-state index contributed by atoms with van der Waals surface area (Å²) in [6.07, 6.45) is 5.32. The van der Waals surface area contributed by atoms with Crippen molar-refractivity contribution in [3.05, 3.63) is 29.8 Å². The standard InChI is InChI=1S/C16H26N2O/c1-18(2)16(10-6-7-11-16)13-17-12-14-8-4-5-9-15(14)19-3/h4-5,8-9,17H,6-7,10-13H2,1-3H3. The third-order valence-corrected chi connectivity index (χ3v) is 4.44. The fraction of sp³-hybridized carbons (Fsp3) is 0.625. The number of benzene rings is 1. The Morgan fingerprint density at radius 2 is 1.89 bits per heavy atom. The lowest BCUT2D eigenvalue weighted by molar-refractivity contribution is 0.153. The van der Waals surface area contributed by atoms with Gasteiger partial charge in [0.05, 0.1) is 7.11 Å². The lowest BCUT2D eigenvalue weighted by Crippen LogP contribution is -2.49. The fourth-order valence-electron chi connectivity index (χ4n) is 3.09. The molecule has 1 aromatic carbocycles. The third-order valence-electron chi connectivity index (χ3n) is 4.44. The van der Waals surface area contributed by atoms with Gasteiger partial charge in [0.15, 0.2) is 0 Å². The Morgan fingerprint density at radius 3 is 2.53 bits per heavy atom. The molecule has 3 heteroatoms. The highest BCUT2D eigenvalue weighted by molar-refractivity contribution is 5.33. The zero-order valence-corrected chi connectivity index (χ0v) is 12.4. The van der Waals surface area contributed by atoms with Crippen LogP contribution in [0.4, 0.5) is 0 Å². The van der Waals surface area contributed by atoms with E-state index in [0.717, 1.165) is 18.8 Å². The number of hydrogen-bond donors (Lipinski definition) is 1. The van der Waals surface area contributed by atoms with Crippen LogP contribution in [0.25, 0.3) is 0 Å². The van der Waals surface area contributed by atoms with Crippen LogP contribution in [-0.2, 0) is 6.54 Å². The van der Waals surface area contributed by atoms with Gasteiger partial charge in [-0.1, -0.05) is 31.0 Å². The summed E-state index contributed by atoms with van der Waals surface area (Å²) in [5.74, 6) is 0.973. The Morgan fingerprint density at radius 1 is 1.21 bits per heavy atom. The smallest absolute Gasteiger partial charge is 0.123 e. The number of nitrogens with zero attached hydrogens (tertiary/aromatic N) is 1. The average Bonchev–Trinajstić information content (AvgIpc) is 2.89. The van der Waals surface area contributed by atoms with Gasteiger partial charge in [-0.3, -0.25) is 0 Å². The molecule has 0 heterocycles. The van der Waals surface area contributed by atoms with Crippen molar-refractivity contribution in [2.24, 2.45) is 0 Å². The molecule has 0 atom stereocenters. The van der Waals surface area contributed by atoms with Crippen LogP contribution in [0.3, 0.4) is 0 Å². The van der Waals surface area contributed by atoms with Gasteiger partial charge in [0, 0.05) is 24.2 Å². The molecule has 2 rings (SSSR count). The minimum atomic E-state index is 0.349. The predicted octanol–water partition coefficient (Wildman–Crippen LogP) is 2.66. The highest BCUT2D eigenvalue weighted by Crippen LogP contribution is 2.33. The lowest BCUT2D eigenvalue weighted by Gasteiger charge is -2.36. The van der Waals surface area contributed by atoms with Gasteiger partial charge in [0.2, 0.25) is 0 Å². The molecule has 1 aliphatic rings. The molecule has 0 unspecified atom stereocenters. The summed E-state index contributed by atoms with van der Waals surface area (Å²) in [6.45, 7) is 1.93. The van der Waals surface area contributed by atoms with Crippen molar-refractivity contribution in [3.8, 4) is 5.75 Å². The van der Waals surface area contributed by atoms with E-state index in [2.05, 4.69) is 36.4 Å². The molecular formula is C16H26N2O. The maximum absolute atomic E-state index is 5.39. The molecule has 106 valence electrons. The summed E-state index contributed by atoms with van der Waals surface area (Å²) in [6, 6.07) is 8.23. The minimum Gasteiger partial charge on any atom is -0.496 e. The van der Waals surface area contributed by atoms with Crippen LogP contribution in [0.15, 0.2) is 24.3 Å². The van der Waals surface area contributed by atoms with E-state index in [0.29, 0.717) is 5.54 Å². The second-order valence-electron chi connectivity index (χ2n) is 5.74. The lowest BCUT2D eigenvalue weighted by atomic mass is 9.96. The zero-order chi connectivity index (χ0) is 13.7. The summed E-state index contributed by atoms with van der Waals surface area (Å²) in [5.41, 5.74) is 1.58. The van der Waals surface area contributed by atoms with Gasteiger partial charge in [-0.05, 0) is 33.0 Å². The number of ether oxygens (including phenoxy) is 1. The maximum Gasteiger partial charge on any atom is 0.123 e. The van der Waals surface area contributed by atoms with Gasteiger partial charge < -0.3 is 15.0 Å². The average molecular weight is 262 g/mol. The number of methoxy groups -OCH3 is 1. The van der Waals surface area contributed by atoms with Crippen molar-refractivity contribution < 1.29 is 4.74 Å². The highest BCUT2D eigenvalue weighted by Gasteiger charge is 2.35. The normalized spacial score (nSPS) is 17.9. The Balaban J connectivity index is 1.92. The largest absolute Gasteiger partial charge is 0.496 e. The van der Waals surface area contributed by atoms with Crippen LogP contribution in [0.2, 0.25) is 0 Å². The monoisotopic (exact) mass is 262 g/mol. The van der Waals surface area contributed by atoms with E-state index in [1.807, 2.05) is 12.1 Å². The number of hydrogen-bond acceptors (Lipinski definition) is 3. The number of likely N-dealkylation sites (N-methyl/N-ethyl adjacent to an activating group) is 1. The van der Waals surface area contributed by atoms with Gasteiger partial charge >= 0.3 is 0 Å². The molecule has 0 radical (unpaired) electrons. The minimum absolute atomic E-state index is 0.349. The van der Waals surface area contributed by atoms with Crippen LogP contribution >= 0.6 is 0 Å². The number of para-hydroxylation sites is 1. The van der Waals surface area contributed by atoms with Crippen molar-refractivity contribution >= 4 is 0 Å². The van der Waals surface area contributed by atoms with E-state index in [9.17, 15) is 0 Å². The van der Waals surface area contributed by atoms with Gasteiger partial charge in [-0.25, -0.2) is 0 Å². The summed E-state index contributed by atoms with van der Waals surface area (Å²) >= 11 is 0. The molecular weight excluding hydrogens is 236 g/mol. The van der Waals surface area contributed by atoms with E-state index in [-0.39, 0.29) is 0 Å². The first-order valence-electron chi connectivity index (χ1n) is 7.18. The quantitative estimate of drug-likeness (QED) is 0.853. The molecule has 1 aliphatic carbocycles. The number of nitrogens with one attached hydrogen (secondary N) is 1. The number of rotatable bonds is 6. The van der Waals surface area contributed by atoms with Crippen LogP contribution in [-0.4, -0.2) is 38.2 Å². The molecule has 1 aromatic rings. The molecule has 1 saturated carbocycles. The van der Waals surface area contributed by atoms with E-state index in [1.54, 1.807) is 7.11 Å². The molecule has 0 aliphatic heterocycles. The fourth-order valence-corrected chi connectivity index (χ4v) is 3.09. The van der Waals surface area contributed by atoms with Gasteiger partial charge in [0.25, 0.3) is 0 Å². The van der Waals surface area contributed by atoms with Crippen molar-refractivity contribution in [1.29, 1.82) is 0 Å². The van der Waals surface area contributed by atoms with E-state index in [4.69, 9.17) is 4.74 Å². The SMILES string of the molecule is COc1ccccc1CNCC1(N(C)C)CCCC1. The van der Waals surface area contributed by atoms with E-state index >= 15 is 0 Å². The second kappa shape index (κ2) is 6.40. The van der Waals surface area contributed by atoms with Crippen LogP contribution in [0.5, 0.6) is 5.75 Å². The van der Waals surface area contributed by atoms with E-state index in [1.165, 1.54) is 31.2 Å². The first-order chi connectivity index (χ1) is 9.18. The molecule has 0 spiro atoms. The van der Waals surface area contributed by atoms with Gasteiger partial charge in [-0.15, -0.1) is 0 Å². The Bertz CT molecular complexity index is 397. The van der Waals surface area contributed by atoms with Crippen molar-refractivity contribution in [1.82, 2.24) is 10.2 Å². The molecule has 19 heavy (non-hydrogen) atoms. The topological polar surface area (TPSA) is 24.5 Å². The molecule has 0 aromatic heterocycles. The molecule has 0 amide bonds. The van der Waals surface area contributed by atoms with Crippen LogP contribution < -0.4 is 10.1 Å². The molecule has 0 saturated heterocycles. The predicted molar refractivity (Wildman–Crippen MR) is 79.6 cm³/mol. The highest BCUT2D eigenvalue weighted by atomic mass is 16.5. The molecule has 3 nitrogen and oxygen atoms in total. The Labute approximate surface area is 116 Å². The maximum atomic E-state index is 5.39. The second-order valence-corrected chi connectivity index (χ2v) is 5.74. The Hall–Kier alpha value is -1.06. The van der Waals surface area contributed by atoms with Gasteiger partial charge in [0.1, 0.15) is 5.75 Å². The molecule has 0 bridgehead atoms. The summed E-state index contributed by atoms with van der Waals surface area (Å²) in [4.78, 5) is 2.40. The summed E-state index contributed by atoms with van der Waals surface area (Å²) < 4.78 is 5.39. The van der Waals surface area contributed by atoms with Crippen LogP contribution in [0.1, 0.15) is 31.2 Å². The van der Waals surface area contributed by atoms with Crippen molar-refractivity contribution in [2.45, 2.75) is 37.8 Å². The summed E-state index contributed by atoms with van der Waals surface area (Å²) in [7, 11) is 6.14. The summed E-state index contributed by atoms with van der Waals surface area (Å²) in [5, 5.41) is 3.62. The molecule has 1 fully saturated rings. The van der Waals surface area contributed by atoms with Crippen molar-refractivity contribution in [3.63, 3.8) is 0 Å². The van der Waals surface area contributed by atoms with Crippen molar-refractivity contribution in [2.75, 3.05) is 27.7 Å². The molecule has 1 N–H and O–H groups in total. The third kappa shape index (κ3) is 3.28. The Kier molecular flexibility index (Phi) is 4.83. The van der Waals surface area contributed by atoms with E-state index < -0.39 is 0 Å². The first-order valence-corrected chi connectivity index (χ1v) is 7.18. The van der Waals surface area contributed by atoms with Crippen LogP contribution in [0, 0.1) is 0 Å². The first kappa shape index (κ1) is 14.4. The zero-order valence-electron chi connectivity index (χ0n) is 12.4.